The molecule has 7 nitrogen and oxygen atoms in total. The largest absolute Gasteiger partial charge is 0.341 e. The average molecular weight is 386 g/mol. The molecule has 152 valence electrons. The van der Waals surface area contributed by atoms with E-state index in [-0.39, 0.29) is 18.4 Å². The Morgan fingerprint density at radius 3 is 2.46 bits per heavy atom. The van der Waals surface area contributed by atoms with Crippen molar-refractivity contribution in [2.45, 2.75) is 38.6 Å². The van der Waals surface area contributed by atoms with E-state index in [1.807, 2.05) is 38.2 Å². The molecule has 0 aliphatic carbocycles. The molecule has 2 saturated heterocycles. The Hall–Kier alpha value is -2.41. The van der Waals surface area contributed by atoms with Crippen molar-refractivity contribution in [2.75, 3.05) is 33.2 Å². The molecule has 0 spiro atoms. The molecule has 4 amide bonds. The predicted octanol–water partition coefficient (Wildman–Crippen LogP) is 1.61. The summed E-state index contributed by atoms with van der Waals surface area (Å²) in [6.07, 6.45) is 3.05. The number of hydrogen-bond donors (Lipinski definition) is 2. The van der Waals surface area contributed by atoms with Gasteiger partial charge in [0.25, 0.3) is 5.91 Å². The van der Waals surface area contributed by atoms with E-state index in [0.29, 0.717) is 19.0 Å². The van der Waals surface area contributed by atoms with E-state index in [2.05, 4.69) is 10.6 Å². The maximum atomic E-state index is 13.0. The molecule has 28 heavy (non-hydrogen) atoms. The van der Waals surface area contributed by atoms with Crippen LogP contribution < -0.4 is 10.6 Å². The van der Waals surface area contributed by atoms with Gasteiger partial charge >= 0.3 is 6.03 Å². The Bertz CT molecular complexity index is 741. The quantitative estimate of drug-likeness (QED) is 0.728. The minimum atomic E-state index is -1.13. The summed E-state index contributed by atoms with van der Waals surface area (Å²) >= 11 is 0. The minimum Gasteiger partial charge on any atom is -0.341 e. The van der Waals surface area contributed by atoms with E-state index >= 15 is 0 Å². The fraction of sp³-hybridized carbons (Fsp3) is 0.571. The van der Waals surface area contributed by atoms with Crippen LogP contribution in [0.2, 0.25) is 0 Å². The summed E-state index contributed by atoms with van der Waals surface area (Å²) in [5.41, 5.74) is 0.664. The first kappa shape index (κ1) is 20.3. The van der Waals surface area contributed by atoms with Gasteiger partial charge < -0.3 is 15.5 Å². The van der Waals surface area contributed by atoms with Crippen LogP contribution in [-0.4, -0.2) is 60.9 Å². The first-order valence-electron chi connectivity index (χ1n) is 9.99. The highest BCUT2D eigenvalue weighted by Crippen LogP contribution is 2.29. The molecule has 1 aromatic carbocycles. The summed E-state index contributed by atoms with van der Waals surface area (Å²) in [5, 5.41) is 5.93. The number of carbonyl (C=O) groups excluding carboxylic acids is 3. The molecule has 1 aromatic rings. The monoisotopic (exact) mass is 386 g/mol. The average Bonchev–Trinajstić information content (AvgIpc) is 2.91. The van der Waals surface area contributed by atoms with Crippen molar-refractivity contribution >= 4 is 17.8 Å². The molecule has 2 heterocycles. The van der Waals surface area contributed by atoms with Crippen molar-refractivity contribution in [1.82, 2.24) is 20.4 Å². The lowest BCUT2D eigenvalue weighted by Crippen LogP contribution is -2.46. The highest BCUT2D eigenvalue weighted by molar-refractivity contribution is 6.09. The molecule has 0 bridgehead atoms. The molecule has 0 saturated carbocycles. The normalized spacial score (nSPS) is 23.2. The van der Waals surface area contributed by atoms with Crippen LogP contribution in [0.15, 0.2) is 24.3 Å². The van der Waals surface area contributed by atoms with Crippen molar-refractivity contribution in [3.63, 3.8) is 0 Å². The zero-order valence-corrected chi connectivity index (χ0v) is 17.0. The van der Waals surface area contributed by atoms with E-state index in [1.54, 1.807) is 11.8 Å². The number of benzene rings is 1. The molecule has 3 rings (SSSR count). The van der Waals surface area contributed by atoms with E-state index in [9.17, 15) is 14.4 Å². The third-order valence-electron chi connectivity index (χ3n) is 5.97. The number of imide groups is 1. The van der Waals surface area contributed by atoms with Gasteiger partial charge in [-0.1, -0.05) is 29.8 Å². The highest BCUT2D eigenvalue weighted by atomic mass is 16.2. The second kappa shape index (κ2) is 8.31. The van der Waals surface area contributed by atoms with Crippen molar-refractivity contribution in [3.8, 4) is 0 Å². The molecule has 0 aromatic heterocycles. The Balaban J connectivity index is 1.61. The number of likely N-dealkylation sites (tertiary alicyclic amines) is 1. The Kier molecular flexibility index (Phi) is 6.03. The van der Waals surface area contributed by atoms with Gasteiger partial charge in [-0.3, -0.25) is 14.5 Å². The van der Waals surface area contributed by atoms with Gasteiger partial charge in [0.1, 0.15) is 12.1 Å². The summed E-state index contributed by atoms with van der Waals surface area (Å²) in [6.45, 7) is 5.81. The van der Waals surface area contributed by atoms with E-state index < -0.39 is 11.6 Å². The zero-order valence-electron chi connectivity index (χ0n) is 17.0. The predicted molar refractivity (Wildman–Crippen MR) is 107 cm³/mol. The Morgan fingerprint density at radius 1 is 1.21 bits per heavy atom. The number of carbonyl (C=O) groups is 3. The van der Waals surface area contributed by atoms with Gasteiger partial charge in [0.2, 0.25) is 5.91 Å². The molecule has 7 heteroatoms. The lowest BCUT2D eigenvalue weighted by atomic mass is 9.91. The molecular weight excluding hydrogens is 356 g/mol. The van der Waals surface area contributed by atoms with Gasteiger partial charge in [-0.05, 0) is 58.2 Å². The number of hydrogen-bond acceptors (Lipinski definition) is 4. The van der Waals surface area contributed by atoms with Crippen molar-refractivity contribution < 1.29 is 14.4 Å². The summed E-state index contributed by atoms with van der Waals surface area (Å²) in [7, 11) is 1.95. The van der Waals surface area contributed by atoms with Crippen LogP contribution in [-0.2, 0) is 15.1 Å². The first-order valence-corrected chi connectivity index (χ1v) is 9.99. The number of rotatable bonds is 6. The van der Waals surface area contributed by atoms with Crippen LogP contribution in [0, 0.1) is 12.8 Å². The van der Waals surface area contributed by atoms with Crippen LogP contribution in [0.5, 0.6) is 0 Å². The standard InChI is InChI=1S/C21H30N4O3/c1-15-4-6-17(7-5-15)21(2)19(27)25(20(28)23-21)14-18(26)24-12-9-16(10-13-24)8-11-22-3/h4-7,16,22H,8-14H2,1-3H3,(H,23,28). The minimum absolute atomic E-state index is 0.163. The topological polar surface area (TPSA) is 81.8 Å². The summed E-state index contributed by atoms with van der Waals surface area (Å²) in [6, 6.07) is 6.99. The number of aryl methyl sites for hydroxylation is 1. The van der Waals surface area contributed by atoms with Gasteiger partial charge in [-0.15, -0.1) is 0 Å². The summed E-state index contributed by atoms with van der Waals surface area (Å²) < 4.78 is 0. The number of nitrogens with zero attached hydrogens (tertiary/aromatic N) is 2. The Morgan fingerprint density at radius 2 is 1.86 bits per heavy atom. The van der Waals surface area contributed by atoms with Crippen molar-refractivity contribution in [2.24, 2.45) is 5.92 Å². The van der Waals surface area contributed by atoms with Gasteiger partial charge in [-0.25, -0.2) is 4.79 Å². The smallest absolute Gasteiger partial charge is 0.325 e. The first-order chi connectivity index (χ1) is 13.3. The van der Waals surface area contributed by atoms with Gasteiger partial charge in [-0.2, -0.15) is 0 Å². The molecule has 1 unspecified atom stereocenters. The Labute approximate surface area is 166 Å². The summed E-state index contributed by atoms with van der Waals surface area (Å²) in [5.74, 6) is 0.0837. The molecule has 2 aliphatic heterocycles. The zero-order chi connectivity index (χ0) is 20.3. The lowest BCUT2D eigenvalue weighted by molar-refractivity contribution is -0.139. The van der Waals surface area contributed by atoms with Gasteiger partial charge in [0.15, 0.2) is 0 Å². The van der Waals surface area contributed by atoms with Crippen LogP contribution in [0.25, 0.3) is 0 Å². The molecule has 2 aliphatic rings. The van der Waals surface area contributed by atoms with Crippen LogP contribution in [0.3, 0.4) is 0 Å². The van der Waals surface area contributed by atoms with Crippen LogP contribution in [0.1, 0.15) is 37.3 Å². The van der Waals surface area contributed by atoms with E-state index in [0.717, 1.165) is 41.8 Å². The third-order valence-corrected chi connectivity index (χ3v) is 5.97. The highest BCUT2D eigenvalue weighted by Gasteiger charge is 2.49. The van der Waals surface area contributed by atoms with E-state index in [1.165, 1.54) is 0 Å². The maximum absolute atomic E-state index is 13.0. The van der Waals surface area contributed by atoms with E-state index in [4.69, 9.17) is 0 Å². The summed E-state index contributed by atoms with van der Waals surface area (Å²) in [4.78, 5) is 40.9. The molecule has 0 radical (unpaired) electrons. The molecular formula is C21H30N4O3. The van der Waals surface area contributed by atoms with Crippen molar-refractivity contribution in [3.05, 3.63) is 35.4 Å². The second-order valence-electron chi connectivity index (χ2n) is 8.03. The van der Waals surface area contributed by atoms with Crippen molar-refractivity contribution in [1.29, 1.82) is 0 Å². The van der Waals surface area contributed by atoms with Crippen LogP contribution in [0.4, 0.5) is 4.79 Å². The number of piperidine rings is 1. The fourth-order valence-electron chi connectivity index (χ4n) is 3.98. The van der Waals surface area contributed by atoms with Gasteiger partial charge in [0.05, 0.1) is 0 Å². The third kappa shape index (κ3) is 4.04. The number of urea groups is 1. The van der Waals surface area contributed by atoms with Crippen LogP contribution >= 0.6 is 0 Å². The lowest BCUT2D eigenvalue weighted by Gasteiger charge is -2.32. The van der Waals surface area contributed by atoms with Gasteiger partial charge in [0, 0.05) is 13.1 Å². The number of amides is 4. The SMILES string of the molecule is CNCCC1CCN(C(=O)CN2C(=O)NC(C)(c3ccc(C)cc3)C2=O)CC1. The fourth-order valence-corrected chi connectivity index (χ4v) is 3.98. The molecule has 2 fully saturated rings. The molecule has 2 N–H and O–H groups in total. The molecule has 1 atom stereocenters. The number of nitrogens with one attached hydrogen (secondary N) is 2. The maximum Gasteiger partial charge on any atom is 0.325 e. The second-order valence-corrected chi connectivity index (χ2v) is 8.03.